The summed E-state index contributed by atoms with van der Waals surface area (Å²) in [5.74, 6) is -1.60. The van der Waals surface area contributed by atoms with Crippen molar-refractivity contribution < 1.29 is 19.1 Å². The molecule has 1 aliphatic heterocycles. The molecule has 0 saturated carbocycles. The molecule has 10 heteroatoms. The van der Waals surface area contributed by atoms with Crippen molar-refractivity contribution in [2.45, 2.75) is 6.54 Å². The summed E-state index contributed by atoms with van der Waals surface area (Å²) in [6.07, 6.45) is 1.93. The molecule has 0 aliphatic carbocycles. The van der Waals surface area contributed by atoms with Crippen LogP contribution in [0.2, 0.25) is 10.0 Å². The van der Waals surface area contributed by atoms with Gasteiger partial charge < -0.3 is 15.2 Å². The highest BCUT2D eigenvalue weighted by molar-refractivity contribution is 6.36. The lowest BCUT2D eigenvalue weighted by Gasteiger charge is -2.07. The molecule has 0 radical (unpaired) electrons. The third-order valence-corrected chi connectivity index (χ3v) is 4.51. The molecule has 2 N–H and O–H groups in total. The smallest absolute Gasteiger partial charge is 0.337 e. The van der Waals surface area contributed by atoms with Gasteiger partial charge in [0.2, 0.25) is 11.8 Å². The highest BCUT2D eigenvalue weighted by Gasteiger charge is 2.24. The second-order valence-corrected chi connectivity index (χ2v) is 6.66. The quantitative estimate of drug-likeness (QED) is 0.650. The van der Waals surface area contributed by atoms with Crippen LogP contribution in [0.1, 0.15) is 0 Å². The number of rotatable bonds is 3. The number of hydrogen-bond acceptors (Lipinski definition) is 7. The zero-order valence-corrected chi connectivity index (χ0v) is 15.7. The number of nitrogens with two attached hydrogens (primary N) is 1. The molecule has 0 atom stereocenters. The number of pyridine rings is 1. The fourth-order valence-corrected chi connectivity index (χ4v) is 3.33. The van der Waals surface area contributed by atoms with Crippen LogP contribution in [-0.4, -0.2) is 33.2 Å². The number of carbonyl (C=O) groups is 2. The minimum Gasteiger partial charge on any atom is -0.404 e. The van der Waals surface area contributed by atoms with Crippen molar-refractivity contribution >= 4 is 46.0 Å². The fourth-order valence-electron chi connectivity index (χ4n) is 2.83. The standard InChI is InChI=1S/C18H12Cl2N4O4/c19-9-1-2-10(11(20)7-9)17-16-12(24(23-17)6-5-21)8-13-22-18(16)28-15(26)4-3-14(25)27-13/h1-4,7-8H,5-6,21H2/b4-3+. The Balaban J connectivity index is 2.03. The summed E-state index contributed by atoms with van der Waals surface area (Å²) in [4.78, 5) is 27.9. The summed E-state index contributed by atoms with van der Waals surface area (Å²) in [6.45, 7) is 0.670. The Morgan fingerprint density at radius 2 is 1.82 bits per heavy atom. The Morgan fingerprint density at radius 1 is 1.07 bits per heavy atom. The predicted molar refractivity (Wildman–Crippen MR) is 102 cm³/mol. The Bertz CT molecular complexity index is 1160. The van der Waals surface area contributed by atoms with E-state index in [0.717, 1.165) is 12.2 Å². The summed E-state index contributed by atoms with van der Waals surface area (Å²) in [6, 6.07) is 6.48. The van der Waals surface area contributed by atoms with Crippen LogP contribution in [0, 0.1) is 0 Å². The number of carbonyl (C=O) groups excluding carboxylic acids is 2. The van der Waals surface area contributed by atoms with E-state index in [1.54, 1.807) is 22.9 Å². The van der Waals surface area contributed by atoms with E-state index < -0.39 is 11.9 Å². The van der Waals surface area contributed by atoms with Gasteiger partial charge in [0.1, 0.15) is 5.69 Å². The second kappa shape index (κ2) is 7.23. The Morgan fingerprint density at radius 3 is 2.54 bits per heavy atom. The third-order valence-electron chi connectivity index (χ3n) is 3.96. The molecule has 2 bridgehead atoms. The van der Waals surface area contributed by atoms with E-state index in [2.05, 4.69) is 10.1 Å². The highest BCUT2D eigenvalue weighted by atomic mass is 35.5. The maximum atomic E-state index is 12.0. The SMILES string of the molecule is NCCn1nc(-c2ccc(Cl)cc2Cl)c2c3nc(cc21)OC(=O)/C=C/C(=O)O3. The largest absolute Gasteiger partial charge is 0.404 e. The topological polar surface area (TPSA) is 109 Å². The van der Waals surface area contributed by atoms with Crippen molar-refractivity contribution in [3.8, 4) is 23.0 Å². The molecule has 2 aromatic heterocycles. The lowest BCUT2D eigenvalue weighted by atomic mass is 10.1. The maximum Gasteiger partial charge on any atom is 0.337 e. The molecule has 0 saturated heterocycles. The molecule has 3 aromatic rings. The zero-order chi connectivity index (χ0) is 19.8. The second-order valence-electron chi connectivity index (χ2n) is 5.82. The molecule has 0 amide bonds. The van der Waals surface area contributed by atoms with E-state index >= 15 is 0 Å². The van der Waals surface area contributed by atoms with Crippen molar-refractivity contribution in [3.63, 3.8) is 0 Å². The summed E-state index contributed by atoms with van der Waals surface area (Å²) in [5.41, 5.74) is 7.22. The molecule has 28 heavy (non-hydrogen) atoms. The van der Waals surface area contributed by atoms with Gasteiger partial charge >= 0.3 is 11.9 Å². The van der Waals surface area contributed by atoms with Gasteiger partial charge in [-0.3, -0.25) is 4.68 Å². The summed E-state index contributed by atoms with van der Waals surface area (Å²) < 4.78 is 12.1. The van der Waals surface area contributed by atoms with Crippen LogP contribution in [0.3, 0.4) is 0 Å². The van der Waals surface area contributed by atoms with Gasteiger partial charge in [0.15, 0.2) is 0 Å². The van der Waals surface area contributed by atoms with Crippen LogP contribution < -0.4 is 15.2 Å². The molecular formula is C18H12Cl2N4O4. The van der Waals surface area contributed by atoms with Gasteiger partial charge in [-0.2, -0.15) is 10.1 Å². The summed E-state index contributed by atoms with van der Waals surface area (Å²) >= 11 is 12.3. The van der Waals surface area contributed by atoms with Crippen LogP contribution >= 0.6 is 23.2 Å². The first-order chi connectivity index (χ1) is 13.5. The molecule has 3 heterocycles. The van der Waals surface area contributed by atoms with E-state index in [1.807, 2.05) is 0 Å². The Labute approximate surface area is 168 Å². The molecule has 1 aliphatic rings. The summed E-state index contributed by atoms with van der Waals surface area (Å²) in [5, 5.41) is 5.83. The molecule has 8 nitrogen and oxygen atoms in total. The average molecular weight is 419 g/mol. The first kappa shape index (κ1) is 18.4. The van der Waals surface area contributed by atoms with Gasteiger partial charge in [0, 0.05) is 35.3 Å². The van der Waals surface area contributed by atoms with Crippen LogP contribution in [0.4, 0.5) is 0 Å². The molecule has 1 aromatic carbocycles. The van der Waals surface area contributed by atoms with Gasteiger partial charge in [0.25, 0.3) is 0 Å². The molecular weight excluding hydrogens is 407 g/mol. The van der Waals surface area contributed by atoms with Gasteiger partial charge in [-0.25, -0.2) is 9.59 Å². The number of ether oxygens (including phenoxy) is 2. The van der Waals surface area contributed by atoms with Crippen molar-refractivity contribution in [2.24, 2.45) is 5.73 Å². The van der Waals surface area contributed by atoms with Gasteiger partial charge in [-0.1, -0.05) is 23.2 Å². The van der Waals surface area contributed by atoms with Crippen molar-refractivity contribution in [1.29, 1.82) is 0 Å². The number of nitrogens with zero attached hydrogens (tertiary/aromatic N) is 3. The van der Waals surface area contributed by atoms with Gasteiger partial charge in [-0.05, 0) is 18.2 Å². The molecule has 0 fully saturated rings. The lowest BCUT2D eigenvalue weighted by Crippen LogP contribution is -2.11. The highest BCUT2D eigenvalue weighted by Crippen LogP contribution is 2.39. The van der Waals surface area contributed by atoms with Crippen molar-refractivity contribution in [2.75, 3.05) is 6.54 Å². The molecule has 0 spiro atoms. The average Bonchev–Trinajstić information content (AvgIpc) is 3.00. The minimum absolute atomic E-state index is 0.0289. The maximum absolute atomic E-state index is 12.0. The van der Waals surface area contributed by atoms with E-state index in [4.69, 9.17) is 38.4 Å². The van der Waals surface area contributed by atoms with E-state index in [-0.39, 0.29) is 11.8 Å². The number of esters is 2. The monoisotopic (exact) mass is 418 g/mol. The number of fused-ring (bicyclic) bond motifs is 4. The number of hydrogen-bond donors (Lipinski definition) is 1. The predicted octanol–water partition coefficient (Wildman–Crippen LogP) is 2.74. The van der Waals surface area contributed by atoms with Crippen LogP contribution in [0.25, 0.3) is 22.2 Å². The zero-order valence-electron chi connectivity index (χ0n) is 14.2. The minimum atomic E-state index is -0.774. The van der Waals surface area contributed by atoms with Crippen LogP contribution in [0.5, 0.6) is 11.8 Å². The van der Waals surface area contributed by atoms with E-state index in [1.165, 1.54) is 6.07 Å². The Kier molecular flexibility index (Phi) is 4.76. The fraction of sp³-hybridized carbons (Fsp3) is 0.111. The van der Waals surface area contributed by atoms with Crippen molar-refractivity contribution in [1.82, 2.24) is 14.8 Å². The van der Waals surface area contributed by atoms with Crippen molar-refractivity contribution in [3.05, 3.63) is 46.5 Å². The van der Waals surface area contributed by atoms with Crippen LogP contribution in [0.15, 0.2) is 36.4 Å². The molecule has 142 valence electrons. The van der Waals surface area contributed by atoms with E-state index in [9.17, 15) is 9.59 Å². The lowest BCUT2D eigenvalue weighted by molar-refractivity contribution is -0.131. The first-order valence-corrected chi connectivity index (χ1v) is 8.90. The third kappa shape index (κ3) is 3.33. The van der Waals surface area contributed by atoms with E-state index in [0.29, 0.717) is 45.3 Å². The molecule has 0 unspecified atom stereocenters. The summed E-state index contributed by atoms with van der Waals surface area (Å²) in [7, 11) is 0. The normalized spacial score (nSPS) is 14.8. The van der Waals surface area contributed by atoms with Gasteiger partial charge in [0.05, 0.1) is 22.5 Å². The van der Waals surface area contributed by atoms with Crippen LogP contribution in [-0.2, 0) is 16.1 Å². The molecule has 4 rings (SSSR count). The Hall–Kier alpha value is -2.94. The number of benzene rings is 1. The number of halogens is 2. The number of aromatic nitrogens is 3. The van der Waals surface area contributed by atoms with Gasteiger partial charge in [-0.15, -0.1) is 0 Å². The first-order valence-electron chi connectivity index (χ1n) is 8.15.